The van der Waals surface area contributed by atoms with Crippen molar-refractivity contribution in [3.8, 4) is 0 Å². The highest BCUT2D eigenvalue weighted by atomic mass is 16.2. The lowest BCUT2D eigenvalue weighted by Crippen LogP contribution is -2.42. The summed E-state index contributed by atoms with van der Waals surface area (Å²) >= 11 is 0. The molecule has 30 heavy (non-hydrogen) atoms. The standard InChI is InChI=1S/C25H29N3O2/c1-17-12-13-21(14-18(17)2)22-15-23(19-8-5-4-6-9-19)28(26-22)24(29)16-27(3)25(30)20-10-7-11-20/h4-6,8-9,12-14,20,23H,7,10-11,15-16H2,1-3H3. The van der Waals surface area contributed by atoms with Gasteiger partial charge in [0, 0.05) is 19.4 Å². The lowest BCUT2D eigenvalue weighted by molar-refractivity contribution is -0.144. The van der Waals surface area contributed by atoms with Crippen molar-refractivity contribution in [1.29, 1.82) is 0 Å². The molecule has 1 atom stereocenters. The summed E-state index contributed by atoms with van der Waals surface area (Å²) in [6.07, 6.45) is 3.63. The maximum atomic E-state index is 13.2. The van der Waals surface area contributed by atoms with Crippen LogP contribution in [0.25, 0.3) is 0 Å². The van der Waals surface area contributed by atoms with E-state index in [1.54, 1.807) is 17.0 Å². The van der Waals surface area contributed by atoms with Gasteiger partial charge in [-0.3, -0.25) is 9.59 Å². The molecule has 2 aromatic carbocycles. The molecule has 1 fully saturated rings. The predicted octanol–water partition coefficient (Wildman–Crippen LogP) is 4.24. The molecule has 0 bridgehead atoms. The van der Waals surface area contributed by atoms with Crippen LogP contribution in [-0.2, 0) is 9.59 Å². The van der Waals surface area contributed by atoms with Crippen LogP contribution in [-0.4, -0.2) is 41.0 Å². The van der Waals surface area contributed by atoms with E-state index in [1.807, 2.05) is 30.3 Å². The summed E-state index contributed by atoms with van der Waals surface area (Å²) in [5.74, 6) is 0.0159. The first-order valence-corrected chi connectivity index (χ1v) is 10.7. The molecule has 2 amide bonds. The molecule has 0 N–H and O–H groups in total. The molecule has 0 saturated heterocycles. The summed E-state index contributed by atoms with van der Waals surface area (Å²) in [5.41, 5.74) is 5.46. The average Bonchev–Trinajstić information content (AvgIpc) is 3.15. The summed E-state index contributed by atoms with van der Waals surface area (Å²) in [6.45, 7) is 4.24. The van der Waals surface area contributed by atoms with Gasteiger partial charge in [-0.1, -0.05) is 48.9 Å². The minimum Gasteiger partial charge on any atom is -0.336 e. The van der Waals surface area contributed by atoms with Crippen molar-refractivity contribution in [1.82, 2.24) is 9.91 Å². The Hall–Kier alpha value is -2.95. The number of carbonyl (C=O) groups is 2. The van der Waals surface area contributed by atoms with Gasteiger partial charge in [0.2, 0.25) is 5.91 Å². The van der Waals surface area contributed by atoms with E-state index in [0.29, 0.717) is 6.42 Å². The maximum Gasteiger partial charge on any atom is 0.262 e. The van der Waals surface area contributed by atoms with E-state index in [0.717, 1.165) is 36.1 Å². The quantitative estimate of drug-likeness (QED) is 0.750. The molecule has 2 aliphatic rings. The molecule has 1 heterocycles. The first kappa shape index (κ1) is 20.3. The van der Waals surface area contributed by atoms with Gasteiger partial charge in [-0.15, -0.1) is 0 Å². The summed E-state index contributed by atoms with van der Waals surface area (Å²) in [6, 6.07) is 16.2. The highest BCUT2D eigenvalue weighted by Crippen LogP contribution is 2.33. The van der Waals surface area contributed by atoms with Gasteiger partial charge in [0.05, 0.1) is 11.8 Å². The monoisotopic (exact) mass is 403 g/mol. The Morgan fingerprint density at radius 3 is 2.43 bits per heavy atom. The Bertz CT molecular complexity index is 979. The van der Waals surface area contributed by atoms with Crippen LogP contribution in [0.5, 0.6) is 0 Å². The van der Waals surface area contributed by atoms with E-state index >= 15 is 0 Å². The second-order valence-electron chi connectivity index (χ2n) is 8.54. The van der Waals surface area contributed by atoms with Crippen molar-refractivity contribution in [2.24, 2.45) is 11.0 Å². The number of amides is 2. The summed E-state index contributed by atoms with van der Waals surface area (Å²) < 4.78 is 0. The Morgan fingerprint density at radius 2 is 1.80 bits per heavy atom. The number of aryl methyl sites for hydroxylation is 2. The van der Waals surface area contributed by atoms with Gasteiger partial charge < -0.3 is 4.90 Å². The zero-order chi connectivity index (χ0) is 21.3. The smallest absolute Gasteiger partial charge is 0.262 e. The number of nitrogens with zero attached hydrogens (tertiary/aromatic N) is 3. The first-order chi connectivity index (χ1) is 14.4. The van der Waals surface area contributed by atoms with Crippen molar-refractivity contribution in [2.45, 2.75) is 45.6 Å². The normalized spacial score (nSPS) is 18.7. The van der Waals surface area contributed by atoms with Gasteiger partial charge >= 0.3 is 0 Å². The number of carbonyl (C=O) groups excluding carboxylic acids is 2. The number of hydrogen-bond acceptors (Lipinski definition) is 3. The van der Waals surface area contributed by atoms with Crippen LogP contribution in [0, 0.1) is 19.8 Å². The van der Waals surface area contributed by atoms with Gasteiger partial charge in [-0.25, -0.2) is 5.01 Å². The largest absolute Gasteiger partial charge is 0.336 e. The van der Waals surface area contributed by atoms with Crippen molar-refractivity contribution in [3.63, 3.8) is 0 Å². The van der Waals surface area contributed by atoms with Crippen LogP contribution in [0.1, 0.15) is 54.0 Å². The Morgan fingerprint density at radius 1 is 1.07 bits per heavy atom. The molecule has 0 radical (unpaired) electrons. The van der Waals surface area contributed by atoms with E-state index in [4.69, 9.17) is 5.10 Å². The van der Waals surface area contributed by atoms with Crippen LogP contribution in [0.15, 0.2) is 53.6 Å². The lowest BCUT2D eigenvalue weighted by atomic mass is 9.84. The molecule has 5 nitrogen and oxygen atoms in total. The third-order valence-corrected chi connectivity index (χ3v) is 6.39. The van der Waals surface area contributed by atoms with E-state index in [-0.39, 0.29) is 30.3 Å². The van der Waals surface area contributed by atoms with Crippen LogP contribution in [0.2, 0.25) is 0 Å². The summed E-state index contributed by atoms with van der Waals surface area (Å²) in [7, 11) is 1.72. The van der Waals surface area contributed by atoms with E-state index in [2.05, 4.69) is 32.0 Å². The predicted molar refractivity (Wildman–Crippen MR) is 118 cm³/mol. The fourth-order valence-electron chi connectivity index (χ4n) is 4.09. The lowest BCUT2D eigenvalue weighted by Gasteiger charge is -2.30. The first-order valence-electron chi connectivity index (χ1n) is 10.7. The molecule has 1 aliphatic carbocycles. The third kappa shape index (κ3) is 4.02. The molecule has 1 aliphatic heterocycles. The van der Waals surface area contributed by atoms with Gasteiger partial charge in [0.15, 0.2) is 0 Å². The zero-order valence-electron chi connectivity index (χ0n) is 18.0. The molecule has 5 heteroatoms. The number of rotatable bonds is 5. The van der Waals surface area contributed by atoms with Crippen molar-refractivity contribution >= 4 is 17.5 Å². The highest BCUT2D eigenvalue weighted by molar-refractivity contribution is 6.03. The molecule has 4 rings (SSSR count). The molecule has 156 valence electrons. The Labute approximate surface area is 178 Å². The van der Waals surface area contributed by atoms with Gasteiger partial charge in [0.1, 0.15) is 6.54 Å². The highest BCUT2D eigenvalue weighted by Gasteiger charge is 2.35. The fourth-order valence-corrected chi connectivity index (χ4v) is 4.09. The number of hydrazone groups is 1. The molecule has 1 saturated carbocycles. The van der Waals surface area contributed by atoms with E-state index in [1.165, 1.54) is 11.1 Å². The minimum atomic E-state index is -0.150. The van der Waals surface area contributed by atoms with E-state index < -0.39 is 0 Å². The van der Waals surface area contributed by atoms with Crippen LogP contribution >= 0.6 is 0 Å². The van der Waals surface area contributed by atoms with Crippen molar-refractivity contribution < 1.29 is 9.59 Å². The Balaban J connectivity index is 1.58. The van der Waals surface area contributed by atoms with Gasteiger partial charge in [0.25, 0.3) is 5.91 Å². The zero-order valence-corrected chi connectivity index (χ0v) is 18.0. The number of benzene rings is 2. The van der Waals surface area contributed by atoms with Gasteiger partial charge in [-0.2, -0.15) is 5.10 Å². The fraction of sp³-hybridized carbons (Fsp3) is 0.400. The van der Waals surface area contributed by atoms with Crippen LogP contribution < -0.4 is 0 Å². The Kier molecular flexibility index (Phi) is 5.71. The average molecular weight is 404 g/mol. The second kappa shape index (κ2) is 8.42. The molecule has 0 spiro atoms. The summed E-state index contributed by atoms with van der Waals surface area (Å²) in [4.78, 5) is 27.3. The van der Waals surface area contributed by atoms with Crippen molar-refractivity contribution in [2.75, 3.05) is 13.6 Å². The topological polar surface area (TPSA) is 53.0 Å². The van der Waals surface area contributed by atoms with Crippen LogP contribution in [0.3, 0.4) is 0 Å². The maximum absolute atomic E-state index is 13.2. The minimum absolute atomic E-state index is 0.0579. The van der Waals surface area contributed by atoms with Crippen molar-refractivity contribution in [3.05, 3.63) is 70.8 Å². The molecular weight excluding hydrogens is 374 g/mol. The SMILES string of the molecule is Cc1ccc(C2=NN(C(=O)CN(C)C(=O)C3CCC3)C(c3ccccc3)C2)cc1C. The molecule has 2 aromatic rings. The number of likely N-dealkylation sites (N-methyl/N-ethyl adjacent to an activating group) is 1. The third-order valence-electron chi connectivity index (χ3n) is 6.39. The second-order valence-corrected chi connectivity index (χ2v) is 8.54. The number of hydrogen-bond donors (Lipinski definition) is 0. The van der Waals surface area contributed by atoms with Crippen LogP contribution in [0.4, 0.5) is 0 Å². The van der Waals surface area contributed by atoms with Gasteiger partial charge in [-0.05, 0) is 55.0 Å². The molecule has 0 aromatic heterocycles. The molecular formula is C25H29N3O2. The molecule has 1 unspecified atom stereocenters. The van der Waals surface area contributed by atoms with E-state index in [9.17, 15) is 9.59 Å². The summed E-state index contributed by atoms with van der Waals surface area (Å²) in [5, 5.41) is 6.33.